The predicted molar refractivity (Wildman–Crippen MR) is 110 cm³/mol. The second-order valence-electron chi connectivity index (χ2n) is 6.61. The first kappa shape index (κ1) is 23.7. The van der Waals surface area contributed by atoms with Crippen molar-refractivity contribution in [1.29, 1.82) is 0 Å². The molecule has 0 saturated carbocycles. The fraction of sp³-hybridized carbons (Fsp3) is 0.556. The third-order valence-electron chi connectivity index (χ3n) is 4.65. The van der Waals surface area contributed by atoms with E-state index >= 15 is 0 Å². The predicted octanol–water partition coefficient (Wildman–Crippen LogP) is 0.774. The Morgan fingerprint density at radius 2 is 1.81 bits per heavy atom. The molecule has 7 nitrogen and oxygen atoms in total. The SMILES string of the molecule is CN1CCN(C(=O)Cc2ccc(NC(=O)C3CNCCO3)cc2)CC1.Cl.Cl. The zero-order valence-corrected chi connectivity index (χ0v) is 17.1. The molecule has 2 heterocycles. The summed E-state index contributed by atoms with van der Waals surface area (Å²) in [6, 6.07) is 7.45. The average molecular weight is 419 g/mol. The van der Waals surface area contributed by atoms with Crippen LogP contribution in [0.5, 0.6) is 0 Å². The van der Waals surface area contributed by atoms with E-state index in [0.29, 0.717) is 19.6 Å². The van der Waals surface area contributed by atoms with Gasteiger partial charge in [0.2, 0.25) is 5.91 Å². The standard InChI is InChI=1S/C18H26N4O3.2ClH/c1-21-7-9-22(10-8-21)17(23)12-14-2-4-15(5-3-14)20-18(24)16-13-19-6-11-25-16;;/h2-5,16,19H,6-13H2,1H3,(H,20,24);2*1H. The van der Waals surface area contributed by atoms with E-state index in [9.17, 15) is 9.59 Å². The highest BCUT2D eigenvalue weighted by molar-refractivity contribution is 5.94. The number of benzene rings is 1. The molecule has 27 heavy (non-hydrogen) atoms. The highest BCUT2D eigenvalue weighted by Crippen LogP contribution is 2.13. The Morgan fingerprint density at radius 3 is 2.41 bits per heavy atom. The lowest BCUT2D eigenvalue weighted by atomic mass is 10.1. The number of hydrogen-bond donors (Lipinski definition) is 2. The Morgan fingerprint density at radius 1 is 1.15 bits per heavy atom. The minimum absolute atomic E-state index is 0. The van der Waals surface area contributed by atoms with Crippen LogP contribution in [0.25, 0.3) is 0 Å². The van der Waals surface area contributed by atoms with E-state index in [0.717, 1.165) is 44.0 Å². The van der Waals surface area contributed by atoms with Crippen LogP contribution in [0.2, 0.25) is 0 Å². The number of ether oxygens (including phenoxy) is 1. The van der Waals surface area contributed by atoms with E-state index in [-0.39, 0.29) is 36.6 Å². The molecule has 1 unspecified atom stereocenters. The summed E-state index contributed by atoms with van der Waals surface area (Å²) in [7, 11) is 2.07. The molecule has 0 bridgehead atoms. The number of carbonyl (C=O) groups excluding carboxylic acids is 2. The molecule has 0 spiro atoms. The maximum absolute atomic E-state index is 12.4. The maximum atomic E-state index is 12.4. The van der Waals surface area contributed by atoms with Gasteiger partial charge in [-0.2, -0.15) is 0 Å². The first-order valence-corrected chi connectivity index (χ1v) is 8.80. The second-order valence-corrected chi connectivity index (χ2v) is 6.61. The lowest BCUT2D eigenvalue weighted by molar-refractivity contribution is -0.132. The topological polar surface area (TPSA) is 73.9 Å². The molecule has 0 radical (unpaired) electrons. The van der Waals surface area contributed by atoms with Crippen molar-refractivity contribution in [3.8, 4) is 0 Å². The third kappa shape index (κ3) is 6.93. The molecule has 0 aliphatic carbocycles. The van der Waals surface area contributed by atoms with Crippen molar-refractivity contribution in [2.24, 2.45) is 0 Å². The van der Waals surface area contributed by atoms with Gasteiger partial charge in [-0.05, 0) is 24.7 Å². The Hall–Kier alpha value is -1.38. The van der Waals surface area contributed by atoms with Gasteiger partial charge < -0.3 is 25.2 Å². The highest BCUT2D eigenvalue weighted by Gasteiger charge is 2.22. The van der Waals surface area contributed by atoms with Gasteiger partial charge in [-0.3, -0.25) is 9.59 Å². The lowest BCUT2D eigenvalue weighted by Gasteiger charge is -2.32. The number of rotatable bonds is 4. The number of halogens is 2. The average Bonchev–Trinajstić information content (AvgIpc) is 2.64. The Kier molecular flexibility index (Phi) is 10.0. The molecule has 2 aliphatic rings. The van der Waals surface area contributed by atoms with Crippen LogP contribution in [0.4, 0.5) is 5.69 Å². The fourth-order valence-corrected chi connectivity index (χ4v) is 3.00. The number of likely N-dealkylation sites (N-methyl/N-ethyl adjacent to an activating group) is 1. The van der Waals surface area contributed by atoms with E-state index in [1.165, 1.54) is 0 Å². The summed E-state index contributed by atoms with van der Waals surface area (Å²) < 4.78 is 5.43. The summed E-state index contributed by atoms with van der Waals surface area (Å²) >= 11 is 0. The van der Waals surface area contributed by atoms with Crippen LogP contribution in [0, 0.1) is 0 Å². The number of nitrogens with zero attached hydrogens (tertiary/aromatic N) is 2. The molecule has 1 atom stereocenters. The molecule has 2 aliphatic heterocycles. The van der Waals surface area contributed by atoms with Crippen molar-refractivity contribution in [1.82, 2.24) is 15.1 Å². The molecule has 2 amide bonds. The molecule has 1 aromatic rings. The van der Waals surface area contributed by atoms with Crippen molar-refractivity contribution in [3.63, 3.8) is 0 Å². The molecule has 0 aromatic heterocycles. The molecule has 2 N–H and O–H groups in total. The van der Waals surface area contributed by atoms with E-state index < -0.39 is 6.10 Å². The van der Waals surface area contributed by atoms with Crippen LogP contribution in [0.15, 0.2) is 24.3 Å². The van der Waals surface area contributed by atoms with Crippen LogP contribution in [-0.2, 0) is 20.7 Å². The minimum atomic E-state index is -0.452. The highest BCUT2D eigenvalue weighted by atomic mass is 35.5. The first-order chi connectivity index (χ1) is 12.1. The number of morpholine rings is 1. The van der Waals surface area contributed by atoms with Crippen LogP contribution >= 0.6 is 24.8 Å². The number of amides is 2. The molecule has 9 heteroatoms. The van der Waals surface area contributed by atoms with Gasteiger partial charge in [0.05, 0.1) is 13.0 Å². The zero-order valence-electron chi connectivity index (χ0n) is 15.5. The van der Waals surface area contributed by atoms with Gasteiger partial charge in [0, 0.05) is 45.0 Å². The van der Waals surface area contributed by atoms with Crippen LogP contribution < -0.4 is 10.6 Å². The summed E-state index contributed by atoms with van der Waals surface area (Å²) in [5, 5.41) is 5.99. The van der Waals surface area contributed by atoms with Gasteiger partial charge >= 0.3 is 0 Å². The molecular weight excluding hydrogens is 391 g/mol. The van der Waals surface area contributed by atoms with Crippen molar-refractivity contribution in [2.45, 2.75) is 12.5 Å². The fourth-order valence-electron chi connectivity index (χ4n) is 3.00. The molecular formula is C18H28Cl2N4O3. The first-order valence-electron chi connectivity index (χ1n) is 8.80. The Bertz CT molecular complexity index is 601. The molecule has 2 saturated heterocycles. The number of hydrogen-bond acceptors (Lipinski definition) is 5. The van der Waals surface area contributed by atoms with Crippen LogP contribution in [-0.4, -0.2) is 80.6 Å². The van der Waals surface area contributed by atoms with Crippen molar-refractivity contribution in [3.05, 3.63) is 29.8 Å². The maximum Gasteiger partial charge on any atom is 0.254 e. The van der Waals surface area contributed by atoms with E-state index in [1.807, 2.05) is 29.2 Å². The molecule has 152 valence electrons. The zero-order chi connectivity index (χ0) is 17.6. The Balaban J connectivity index is 0.00000182. The van der Waals surface area contributed by atoms with Crippen molar-refractivity contribution >= 4 is 42.3 Å². The normalized spacial score (nSPS) is 20.2. The molecule has 2 fully saturated rings. The Labute approximate surface area is 172 Å². The monoisotopic (exact) mass is 418 g/mol. The molecule has 3 rings (SSSR count). The van der Waals surface area contributed by atoms with Gasteiger partial charge in [-0.1, -0.05) is 12.1 Å². The van der Waals surface area contributed by atoms with E-state index in [4.69, 9.17) is 4.74 Å². The summed E-state index contributed by atoms with van der Waals surface area (Å²) in [6.07, 6.45) is -0.0552. The van der Waals surface area contributed by atoms with Gasteiger partial charge in [-0.25, -0.2) is 0 Å². The summed E-state index contributed by atoms with van der Waals surface area (Å²) in [5.74, 6) is 0.0139. The van der Waals surface area contributed by atoms with Gasteiger partial charge in [-0.15, -0.1) is 24.8 Å². The second kappa shape index (κ2) is 11.5. The quantitative estimate of drug-likeness (QED) is 0.755. The van der Waals surface area contributed by atoms with Gasteiger partial charge in [0.1, 0.15) is 6.10 Å². The van der Waals surface area contributed by atoms with Crippen LogP contribution in [0.1, 0.15) is 5.56 Å². The lowest BCUT2D eigenvalue weighted by Crippen LogP contribution is -2.47. The minimum Gasteiger partial charge on any atom is -0.366 e. The van der Waals surface area contributed by atoms with Crippen molar-refractivity contribution in [2.75, 3.05) is 58.2 Å². The van der Waals surface area contributed by atoms with Crippen LogP contribution in [0.3, 0.4) is 0 Å². The summed E-state index contributed by atoms with van der Waals surface area (Å²) in [6.45, 7) is 5.29. The van der Waals surface area contributed by atoms with E-state index in [1.54, 1.807) is 0 Å². The summed E-state index contributed by atoms with van der Waals surface area (Å²) in [4.78, 5) is 28.6. The number of nitrogens with one attached hydrogen (secondary N) is 2. The number of anilines is 1. The largest absolute Gasteiger partial charge is 0.366 e. The van der Waals surface area contributed by atoms with Crippen molar-refractivity contribution < 1.29 is 14.3 Å². The smallest absolute Gasteiger partial charge is 0.254 e. The number of carbonyl (C=O) groups is 2. The third-order valence-corrected chi connectivity index (χ3v) is 4.65. The number of piperazine rings is 1. The van der Waals surface area contributed by atoms with Gasteiger partial charge in [0.15, 0.2) is 0 Å². The summed E-state index contributed by atoms with van der Waals surface area (Å²) in [5.41, 5.74) is 1.67. The molecule has 1 aromatic carbocycles. The van der Waals surface area contributed by atoms with Gasteiger partial charge in [0.25, 0.3) is 5.91 Å². The van der Waals surface area contributed by atoms with E-state index in [2.05, 4.69) is 22.6 Å².